The molecule has 6 nitrogen and oxygen atoms in total. The Hall–Kier alpha value is -3.35. The van der Waals surface area contributed by atoms with Gasteiger partial charge in [0.25, 0.3) is 5.91 Å². The summed E-state index contributed by atoms with van der Waals surface area (Å²) >= 11 is 0. The molecule has 2 N–H and O–H groups in total. The van der Waals surface area contributed by atoms with Crippen molar-refractivity contribution in [2.45, 2.75) is 19.9 Å². The van der Waals surface area contributed by atoms with Gasteiger partial charge in [-0.15, -0.1) is 0 Å². The fraction of sp³-hybridized carbons (Fsp3) is 0.273. The van der Waals surface area contributed by atoms with Crippen LogP contribution in [0.5, 0.6) is 0 Å². The first-order chi connectivity index (χ1) is 13.9. The van der Waals surface area contributed by atoms with Crippen molar-refractivity contribution in [2.75, 3.05) is 20.1 Å². The molecule has 0 saturated carbocycles. The van der Waals surface area contributed by atoms with Gasteiger partial charge in [0.15, 0.2) is 0 Å². The number of amides is 3. The minimum Gasteiger partial charge on any atom is -0.459 e. The normalized spacial score (nSPS) is 11.9. The lowest BCUT2D eigenvalue weighted by Crippen LogP contribution is -2.42. The summed E-state index contributed by atoms with van der Waals surface area (Å²) in [7, 11) is 1.68. The van der Waals surface area contributed by atoms with E-state index in [0.717, 1.165) is 11.0 Å². The molecule has 0 saturated heterocycles. The predicted molar refractivity (Wildman–Crippen MR) is 109 cm³/mol. The molecule has 0 aliphatic rings. The third-order valence-corrected chi connectivity index (χ3v) is 4.88. The van der Waals surface area contributed by atoms with Crippen molar-refractivity contribution < 1.29 is 18.4 Å². The number of urea groups is 1. The third-order valence-electron chi connectivity index (χ3n) is 4.88. The quantitative estimate of drug-likeness (QED) is 0.617. The average molecular weight is 397 g/mol. The van der Waals surface area contributed by atoms with E-state index < -0.39 is 5.82 Å². The van der Waals surface area contributed by atoms with Gasteiger partial charge in [0.05, 0.1) is 6.04 Å². The van der Waals surface area contributed by atoms with E-state index >= 15 is 0 Å². The summed E-state index contributed by atoms with van der Waals surface area (Å²) in [6.45, 7) is 3.99. The lowest BCUT2D eigenvalue weighted by atomic mass is 10.1. The van der Waals surface area contributed by atoms with Crippen molar-refractivity contribution in [2.24, 2.45) is 0 Å². The van der Waals surface area contributed by atoms with Gasteiger partial charge in [0.2, 0.25) is 0 Å². The number of carbonyl (C=O) groups excluding carboxylic acids is 2. The minimum atomic E-state index is -0.424. The van der Waals surface area contributed by atoms with Gasteiger partial charge >= 0.3 is 6.03 Å². The molecule has 0 spiro atoms. The van der Waals surface area contributed by atoms with Crippen LogP contribution in [0.1, 0.15) is 34.6 Å². The highest BCUT2D eigenvalue weighted by molar-refractivity contribution is 5.94. The molecule has 0 aliphatic carbocycles. The molecule has 3 rings (SSSR count). The molecular formula is C22H24FN3O3. The summed E-state index contributed by atoms with van der Waals surface area (Å²) in [5.41, 5.74) is 1.50. The van der Waals surface area contributed by atoms with Gasteiger partial charge < -0.3 is 20.0 Å². The molecule has 0 radical (unpaired) electrons. The molecule has 0 bridgehead atoms. The second-order valence-electron chi connectivity index (χ2n) is 6.93. The second kappa shape index (κ2) is 8.77. The first-order valence-corrected chi connectivity index (χ1v) is 9.40. The zero-order valence-corrected chi connectivity index (χ0v) is 16.7. The van der Waals surface area contributed by atoms with Gasteiger partial charge in [0, 0.05) is 31.1 Å². The molecule has 29 heavy (non-hydrogen) atoms. The molecular weight excluding hydrogens is 373 g/mol. The molecule has 1 aromatic heterocycles. The van der Waals surface area contributed by atoms with E-state index in [2.05, 4.69) is 10.6 Å². The molecule has 2 aromatic carbocycles. The Morgan fingerprint density at radius 3 is 2.55 bits per heavy atom. The highest BCUT2D eigenvalue weighted by Crippen LogP contribution is 2.26. The zero-order valence-electron chi connectivity index (χ0n) is 16.7. The van der Waals surface area contributed by atoms with Crippen LogP contribution in [-0.4, -0.2) is 37.0 Å². The maximum atomic E-state index is 13.6. The van der Waals surface area contributed by atoms with E-state index in [4.69, 9.17) is 4.42 Å². The van der Waals surface area contributed by atoms with Crippen LogP contribution in [0.3, 0.4) is 0 Å². The van der Waals surface area contributed by atoms with Gasteiger partial charge in [-0.05, 0) is 43.7 Å². The van der Waals surface area contributed by atoms with Crippen LogP contribution in [-0.2, 0) is 0 Å². The Balaban J connectivity index is 1.48. The first kappa shape index (κ1) is 20.4. The number of carbonyl (C=O) groups is 2. The highest BCUT2D eigenvalue weighted by atomic mass is 19.1. The number of fused-ring (bicyclic) bond motifs is 1. The Labute approximate surface area is 168 Å². The molecule has 1 unspecified atom stereocenters. The van der Waals surface area contributed by atoms with Crippen LogP contribution in [0.15, 0.2) is 52.9 Å². The largest absolute Gasteiger partial charge is 0.459 e. The van der Waals surface area contributed by atoms with Gasteiger partial charge in [-0.3, -0.25) is 4.79 Å². The standard InChI is InChI=1S/C22H24FN3O3/c1-14-8-9-17(12-18(14)23)21(27)24-10-11-25-22(28)26(3)15(2)20-13-16-6-4-5-7-19(16)29-20/h4-9,12-13,15H,10-11H2,1-3H3,(H,24,27)(H,25,28). The molecule has 0 aliphatic heterocycles. The Kier molecular flexibility index (Phi) is 6.16. The zero-order chi connectivity index (χ0) is 21.0. The molecule has 3 aromatic rings. The number of furan rings is 1. The number of aryl methyl sites for hydroxylation is 1. The fourth-order valence-electron chi connectivity index (χ4n) is 2.88. The van der Waals surface area contributed by atoms with E-state index in [9.17, 15) is 14.0 Å². The topological polar surface area (TPSA) is 74.6 Å². The van der Waals surface area contributed by atoms with Gasteiger partial charge in [-0.1, -0.05) is 24.3 Å². The van der Waals surface area contributed by atoms with Crippen LogP contribution in [0.4, 0.5) is 9.18 Å². The highest BCUT2D eigenvalue weighted by Gasteiger charge is 2.20. The summed E-state index contributed by atoms with van der Waals surface area (Å²) < 4.78 is 19.4. The van der Waals surface area contributed by atoms with Crippen molar-refractivity contribution in [1.82, 2.24) is 15.5 Å². The maximum Gasteiger partial charge on any atom is 0.317 e. The summed E-state index contributed by atoms with van der Waals surface area (Å²) in [5.74, 6) is -0.118. The molecule has 7 heteroatoms. The molecule has 1 heterocycles. The van der Waals surface area contributed by atoms with E-state index in [1.807, 2.05) is 37.3 Å². The lowest BCUT2D eigenvalue weighted by Gasteiger charge is -2.23. The van der Waals surface area contributed by atoms with Crippen LogP contribution in [0, 0.1) is 12.7 Å². The molecule has 1 atom stereocenters. The number of rotatable bonds is 6. The molecule has 3 amide bonds. The smallest absolute Gasteiger partial charge is 0.317 e. The third kappa shape index (κ3) is 4.74. The maximum absolute atomic E-state index is 13.6. The summed E-state index contributed by atoms with van der Waals surface area (Å²) in [4.78, 5) is 26.0. The number of nitrogens with one attached hydrogen (secondary N) is 2. The Morgan fingerprint density at radius 2 is 1.83 bits per heavy atom. The summed E-state index contributed by atoms with van der Waals surface area (Å²) in [6, 6.07) is 13.4. The van der Waals surface area contributed by atoms with E-state index in [0.29, 0.717) is 11.3 Å². The van der Waals surface area contributed by atoms with E-state index in [-0.39, 0.29) is 36.6 Å². The Morgan fingerprint density at radius 1 is 1.10 bits per heavy atom. The minimum absolute atomic E-state index is 0.229. The number of halogens is 1. The number of para-hydroxylation sites is 1. The monoisotopic (exact) mass is 397 g/mol. The second-order valence-corrected chi connectivity index (χ2v) is 6.93. The van der Waals surface area contributed by atoms with Crippen molar-refractivity contribution >= 4 is 22.9 Å². The van der Waals surface area contributed by atoms with E-state index in [1.54, 1.807) is 26.1 Å². The lowest BCUT2D eigenvalue weighted by molar-refractivity contribution is 0.0953. The van der Waals surface area contributed by atoms with Crippen LogP contribution in [0.2, 0.25) is 0 Å². The number of nitrogens with zero attached hydrogens (tertiary/aromatic N) is 1. The number of hydrogen-bond donors (Lipinski definition) is 2. The predicted octanol–water partition coefficient (Wildman–Crippen LogP) is 4.01. The van der Waals surface area contributed by atoms with E-state index in [1.165, 1.54) is 11.0 Å². The van der Waals surface area contributed by atoms with Crippen LogP contribution in [0.25, 0.3) is 11.0 Å². The van der Waals surface area contributed by atoms with Crippen molar-refractivity contribution in [3.8, 4) is 0 Å². The summed E-state index contributed by atoms with van der Waals surface area (Å²) in [6.07, 6.45) is 0. The molecule has 0 fully saturated rings. The van der Waals surface area contributed by atoms with Crippen molar-refractivity contribution in [3.63, 3.8) is 0 Å². The first-order valence-electron chi connectivity index (χ1n) is 9.40. The van der Waals surface area contributed by atoms with Gasteiger partial charge in [-0.2, -0.15) is 0 Å². The van der Waals surface area contributed by atoms with Crippen LogP contribution < -0.4 is 10.6 Å². The Bertz CT molecular complexity index is 998. The SMILES string of the molecule is Cc1ccc(C(=O)NCCNC(=O)N(C)C(C)c2cc3ccccc3o2)cc1F. The van der Waals surface area contributed by atoms with Gasteiger partial charge in [-0.25, -0.2) is 9.18 Å². The summed E-state index contributed by atoms with van der Waals surface area (Å²) in [5, 5.41) is 6.40. The van der Waals surface area contributed by atoms with Crippen molar-refractivity contribution in [3.05, 3.63) is 71.2 Å². The fourth-order valence-corrected chi connectivity index (χ4v) is 2.88. The van der Waals surface area contributed by atoms with Gasteiger partial charge in [0.1, 0.15) is 17.2 Å². The number of hydrogen-bond acceptors (Lipinski definition) is 3. The number of benzene rings is 2. The van der Waals surface area contributed by atoms with Crippen molar-refractivity contribution in [1.29, 1.82) is 0 Å². The van der Waals surface area contributed by atoms with Crippen LogP contribution >= 0.6 is 0 Å². The molecule has 152 valence electrons. The average Bonchev–Trinajstić information content (AvgIpc) is 3.16.